The Balaban J connectivity index is 1.09. The van der Waals surface area contributed by atoms with E-state index in [1.54, 1.807) is 24.5 Å². The van der Waals surface area contributed by atoms with Crippen molar-refractivity contribution in [3.05, 3.63) is 65.8 Å². The molecule has 0 bridgehead atoms. The average Bonchev–Trinajstić information content (AvgIpc) is 3.52. The topological polar surface area (TPSA) is 107 Å². The zero-order valence-corrected chi connectivity index (χ0v) is 20.1. The maximum Gasteiger partial charge on any atom is 0.251 e. The van der Waals surface area contributed by atoms with Crippen molar-refractivity contribution in [2.24, 2.45) is 4.99 Å². The molecule has 2 saturated heterocycles. The lowest BCUT2D eigenvalue weighted by Gasteiger charge is -2.36. The van der Waals surface area contributed by atoms with Crippen LogP contribution in [-0.4, -0.2) is 84.0 Å². The van der Waals surface area contributed by atoms with Crippen molar-refractivity contribution in [3.63, 3.8) is 0 Å². The van der Waals surface area contributed by atoms with Gasteiger partial charge < -0.3 is 9.52 Å². The summed E-state index contributed by atoms with van der Waals surface area (Å²) in [5, 5.41) is 10.4. The number of allylic oxidation sites excluding steroid dienone is 2. The minimum Gasteiger partial charge on any atom is -0.511 e. The van der Waals surface area contributed by atoms with E-state index in [9.17, 15) is 19.5 Å². The third-order valence-corrected chi connectivity index (χ3v) is 7.18. The van der Waals surface area contributed by atoms with Crippen molar-refractivity contribution in [1.29, 1.82) is 0 Å². The van der Waals surface area contributed by atoms with E-state index in [-0.39, 0.29) is 41.3 Å². The molecule has 2 fully saturated rings. The number of piperazine rings is 1. The molecule has 2 atom stereocenters. The number of hydrogen-bond acceptors (Lipinski definition) is 8. The Kier molecular flexibility index (Phi) is 7.11. The lowest BCUT2D eigenvalue weighted by Crippen LogP contribution is -2.52. The van der Waals surface area contributed by atoms with Gasteiger partial charge in [-0.25, -0.2) is 4.90 Å². The summed E-state index contributed by atoms with van der Waals surface area (Å²) in [7, 11) is 0. The van der Waals surface area contributed by atoms with E-state index in [4.69, 9.17) is 4.42 Å². The molecule has 1 aromatic carbocycles. The minimum absolute atomic E-state index is 0.0605. The van der Waals surface area contributed by atoms with Gasteiger partial charge in [-0.3, -0.25) is 29.2 Å². The van der Waals surface area contributed by atoms with E-state index < -0.39 is 6.04 Å². The number of ketones is 1. The van der Waals surface area contributed by atoms with Crippen molar-refractivity contribution in [3.8, 4) is 0 Å². The van der Waals surface area contributed by atoms with Crippen molar-refractivity contribution < 1.29 is 23.9 Å². The maximum absolute atomic E-state index is 13.0. The normalized spacial score (nSPS) is 24.4. The van der Waals surface area contributed by atoms with Gasteiger partial charge in [0, 0.05) is 57.7 Å². The van der Waals surface area contributed by atoms with Crippen LogP contribution in [0.2, 0.25) is 0 Å². The molecule has 0 spiro atoms. The maximum atomic E-state index is 13.0. The molecule has 1 aromatic heterocycles. The van der Waals surface area contributed by atoms with Gasteiger partial charge in [0.2, 0.25) is 5.91 Å². The second-order valence-corrected chi connectivity index (χ2v) is 9.44. The summed E-state index contributed by atoms with van der Waals surface area (Å²) in [6, 6.07) is 12.3. The fourth-order valence-corrected chi connectivity index (χ4v) is 5.18. The number of carbonyl (C=O) groups is 3. The Bertz CT molecular complexity index is 1170. The molecular formula is C27H30N4O5. The molecule has 1 N–H and O–H groups in total. The molecule has 0 saturated carbocycles. The molecular weight excluding hydrogens is 460 g/mol. The first-order chi connectivity index (χ1) is 17.5. The van der Waals surface area contributed by atoms with Gasteiger partial charge >= 0.3 is 0 Å². The Labute approximate surface area is 209 Å². The first-order valence-corrected chi connectivity index (χ1v) is 12.4. The van der Waals surface area contributed by atoms with E-state index in [0.717, 1.165) is 19.6 Å². The number of nitrogens with zero attached hydrogens (tertiary/aromatic N) is 4. The first kappa shape index (κ1) is 24.1. The number of imide groups is 1. The number of carbonyl (C=O) groups excluding carboxylic acids is 3. The number of amides is 2. The van der Waals surface area contributed by atoms with Gasteiger partial charge in [0.25, 0.3) is 5.91 Å². The highest BCUT2D eigenvalue weighted by atomic mass is 16.3. The van der Waals surface area contributed by atoms with Gasteiger partial charge in [0.1, 0.15) is 11.5 Å². The van der Waals surface area contributed by atoms with E-state index in [1.165, 1.54) is 11.1 Å². The summed E-state index contributed by atoms with van der Waals surface area (Å²) in [5.41, 5.74) is 0.913. The Morgan fingerprint density at radius 1 is 0.972 bits per heavy atom. The highest BCUT2D eigenvalue weighted by Crippen LogP contribution is 2.33. The molecule has 5 rings (SSSR count). The second kappa shape index (κ2) is 10.6. The summed E-state index contributed by atoms with van der Waals surface area (Å²) in [6.45, 7) is 4.18. The van der Waals surface area contributed by atoms with Crippen molar-refractivity contribution in [2.45, 2.75) is 31.2 Å². The zero-order chi connectivity index (χ0) is 25.1. The van der Waals surface area contributed by atoms with E-state index in [2.05, 4.69) is 14.8 Å². The Morgan fingerprint density at radius 2 is 1.75 bits per heavy atom. The smallest absolute Gasteiger partial charge is 0.251 e. The number of Topliss-reactive ketones (excluding diaryl/α,β-unsaturated/α-hetero) is 1. The summed E-state index contributed by atoms with van der Waals surface area (Å²) in [6.07, 6.45) is 3.94. The molecule has 1 aliphatic carbocycles. The summed E-state index contributed by atoms with van der Waals surface area (Å²) < 4.78 is 5.38. The number of aliphatic hydroxyl groups is 1. The fourth-order valence-electron chi connectivity index (χ4n) is 5.18. The Morgan fingerprint density at radius 3 is 2.44 bits per heavy atom. The van der Waals surface area contributed by atoms with Crippen LogP contribution in [0.5, 0.6) is 0 Å². The van der Waals surface area contributed by atoms with Crippen LogP contribution < -0.4 is 4.90 Å². The molecule has 1 unspecified atom stereocenters. The number of benzene rings is 1. The summed E-state index contributed by atoms with van der Waals surface area (Å²) in [5.74, 6) is 0.203. The molecule has 188 valence electrons. The van der Waals surface area contributed by atoms with Crippen LogP contribution in [-0.2, 0) is 14.4 Å². The number of anilines is 1. The van der Waals surface area contributed by atoms with E-state index in [0.29, 0.717) is 43.9 Å². The second-order valence-electron chi connectivity index (χ2n) is 9.44. The molecule has 36 heavy (non-hydrogen) atoms. The van der Waals surface area contributed by atoms with Gasteiger partial charge in [-0.2, -0.15) is 0 Å². The largest absolute Gasteiger partial charge is 0.511 e. The minimum atomic E-state index is -0.407. The van der Waals surface area contributed by atoms with E-state index in [1.807, 2.05) is 24.3 Å². The quantitative estimate of drug-likeness (QED) is 0.470. The summed E-state index contributed by atoms with van der Waals surface area (Å²) >= 11 is 0. The molecule has 2 amide bonds. The lowest BCUT2D eigenvalue weighted by molar-refractivity contribution is -0.123. The fraction of sp³-hybridized carbons (Fsp3) is 0.407. The third-order valence-electron chi connectivity index (χ3n) is 7.18. The molecule has 3 aliphatic rings. The van der Waals surface area contributed by atoms with E-state index >= 15 is 0 Å². The van der Waals surface area contributed by atoms with Crippen molar-refractivity contribution in [2.75, 3.05) is 44.2 Å². The SMILES string of the molecule is O=C1CC(c2ccco2)CC(O)=C1C=NCCN1CCN([C@@H]2CC(=O)N(c3ccccc3)C2=O)CC1. The number of rotatable bonds is 7. The zero-order valence-electron chi connectivity index (χ0n) is 20.1. The molecule has 0 radical (unpaired) electrons. The molecule has 9 heteroatoms. The van der Waals surface area contributed by atoms with Crippen molar-refractivity contribution >= 4 is 29.5 Å². The monoisotopic (exact) mass is 490 g/mol. The van der Waals surface area contributed by atoms with Crippen LogP contribution in [0.15, 0.2) is 69.5 Å². The van der Waals surface area contributed by atoms with Crippen LogP contribution in [0.25, 0.3) is 0 Å². The molecule has 2 aliphatic heterocycles. The predicted molar refractivity (Wildman–Crippen MR) is 134 cm³/mol. The molecule has 9 nitrogen and oxygen atoms in total. The number of aliphatic imine (C=N–C) groups is 1. The van der Waals surface area contributed by atoms with Gasteiger partial charge in [-0.05, 0) is 24.3 Å². The van der Waals surface area contributed by atoms with Crippen LogP contribution in [0, 0.1) is 0 Å². The number of para-hydroxylation sites is 1. The predicted octanol–water partition coefficient (Wildman–Crippen LogP) is 2.56. The van der Waals surface area contributed by atoms with Gasteiger partial charge in [0.05, 0.1) is 36.5 Å². The van der Waals surface area contributed by atoms with Crippen LogP contribution in [0.3, 0.4) is 0 Å². The lowest BCUT2D eigenvalue weighted by atomic mass is 9.86. The van der Waals surface area contributed by atoms with Crippen LogP contribution >= 0.6 is 0 Å². The van der Waals surface area contributed by atoms with Crippen LogP contribution in [0.1, 0.15) is 30.9 Å². The third kappa shape index (κ3) is 5.03. The van der Waals surface area contributed by atoms with Gasteiger partial charge in [-0.15, -0.1) is 0 Å². The number of hydrogen-bond donors (Lipinski definition) is 1. The van der Waals surface area contributed by atoms with Gasteiger partial charge in [-0.1, -0.05) is 18.2 Å². The highest BCUT2D eigenvalue weighted by molar-refractivity contribution is 6.22. The first-order valence-electron chi connectivity index (χ1n) is 12.4. The van der Waals surface area contributed by atoms with Gasteiger partial charge in [0.15, 0.2) is 5.78 Å². The van der Waals surface area contributed by atoms with Crippen LogP contribution in [0.4, 0.5) is 5.69 Å². The van der Waals surface area contributed by atoms with Crippen molar-refractivity contribution in [1.82, 2.24) is 9.80 Å². The Hall–Kier alpha value is -3.56. The molecule has 2 aromatic rings. The standard InChI is InChI=1S/C27H30N4O5/c32-23-15-19(25-7-4-14-36-25)16-24(33)21(23)18-28-8-9-29-10-12-30(13-11-29)22-17-26(34)31(27(22)35)20-5-2-1-3-6-20/h1-7,14,18-19,22,32H,8-13,15-17H2/t19?,22-/m1/s1. The number of furan rings is 1. The summed E-state index contributed by atoms with van der Waals surface area (Å²) in [4.78, 5) is 48.1. The highest BCUT2D eigenvalue weighted by Gasteiger charge is 2.43. The average molecular weight is 491 g/mol. The number of aliphatic hydroxyl groups excluding tert-OH is 1. The molecule has 3 heterocycles.